The summed E-state index contributed by atoms with van der Waals surface area (Å²) in [5.74, 6) is 0.477. The van der Waals surface area contributed by atoms with Gasteiger partial charge in [0.25, 0.3) is 0 Å². The van der Waals surface area contributed by atoms with Crippen molar-refractivity contribution in [3.8, 4) is 0 Å². The van der Waals surface area contributed by atoms with Crippen molar-refractivity contribution in [2.75, 3.05) is 0 Å². The highest BCUT2D eigenvalue weighted by Crippen LogP contribution is 2.53. The van der Waals surface area contributed by atoms with Crippen LogP contribution in [0, 0.1) is 11.3 Å². The molecule has 3 nitrogen and oxygen atoms in total. The molecule has 0 bridgehead atoms. The Hall–Kier alpha value is -0.206. The lowest BCUT2D eigenvalue weighted by Crippen LogP contribution is -2.52. The standard InChI is InChI=1S/C31H62O3Si2/c1-23(2)18-20-27(32)24(3)19-21-28(34-36(14,15)30(8,9)10)31(11)22-16-17-26(31)25(4)33-35(12,13)29(5,6)7/h18-19,25-28,32H,16-17,20-22H2,1-15H3/t25-,26+,27-,28+,31+/m0/s1. The summed E-state index contributed by atoms with van der Waals surface area (Å²) in [7, 11) is -3.85. The Morgan fingerprint density at radius 1 is 0.917 bits per heavy atom. The summed E-state index contributed by atoms with van der Waals surface area (Å²) in [5.41, 5.74) is 2.36. The van der Waals surface area contributed by atoms with Crippen LogP contribution >= 0.6 is 0 Å². The van der Waals surface area contributed by atoms with Crippen molar-refractivity contribution in [2.45, 2.75) is 163 Å². The molecule has 5 atom stereocenters. The van der Waals surface area contributed by atoms with Crippen LogP contribution in [0.4, 0.5) is 0 Å². The zero-order chi connectivity index (χ0) is 28.3. The molecular formula is C31H62O3Si2. The Labute approximate surface area is 227 Å². The average molecular weight is 539 g/mol. The molecule has 0 saturated heterocycles. The third-order valence-electron chi connectivity index (χ3n) is 9.84. The minimum Gasteiger partial charge on any atom is -0.414 e. The fourth-order valence-corrected chi connectivity index (χ4v) is 7.94. The van der Waals surface area contributed by atoms with Crippen molar-refractivity contribution in [1.82, 2.24) is 0 Å². The van der Waals surface area contributed by atoms with E-state index in [1.54, 1.807) is 0 Å². The van der Waals surface area contributed by atoms with Gasteiger partial charge in [0.15, 0.2) is 16.6 Å². The second-order valence-electron chi connectivity index (χ2n) is 15.2. The molecule has 1 N–H and O–H groups in total. The van der Waals surface area contributed by atoms with Gasteiger partial charge < -0.3 is 14.0 Å². The second kappa shape index (κ2) is 12.3. The molecule has 0 aromatic rings. The van der Waals surface area contributed by atoms with Gasteiger partial charge in [-0.15, -0.1) is 0 Å². The summed E-state index contributed by atoms with van der Waals surface area (Å²) >= 11 is 0. The van der Waals surface area contributed by atoms with Gasteiger partial charge >= 0.3 is 0 Å². The summed E-state index contributed by atoms with van der Waals surface area (Å²) in [6.07, 6.45) is 9.45. The van der Waals surface area contributed by atoms with Gasteiger partial charge in [-0.1, -0.05) is 72.6 Å². The highest BCUT2D eigenvalue weighted by molar-refractivity contribution is 6.74. The summed E-state index contributed by atoms with van der Waals surface area (Å²) in [6, 6.07) is 0. The van der Waals surface area contributed by atoms with Crippen LogP contribution in [0.15, 0.2) is 23.3 Å². The maximum absolute atomic E-state index is 10.8. The number of hydrogen-bond acceptors (Lipinski definition) is 3. The molecular weight excluding hydrogens is 477 g/mol. The van der Waals surface area contributed by atoms with Crippen molar-refractivity contribution >= 4 is 16.6 Å². The molecule has 1 aliphatic carbocycles. The zero-order valence-corrected chi connectivity index (χ0v) is 28.8. The van der Waals surface area contributed by atoms with Gasteiger partial charge in [0.2, 0.25) is 0 Å². The second-order valence-corrected chi connectivity index (χ2v) is 24.7. The average Bonchev–Trinajstić information content (AvgIpc) is 3.09. The van der Waals surface area contributed by atoms with Gasteiger partial charge in [-0.3, -0.25) is 0 Å². The van der Waals surface area contributed by atoms with Crippen LogP contribution in [0.2, 0.25) is 36.3 Å². The van der Waals surface area contributed by atoms with E-state index in [2.05, 4.69) is 115 Å². The number of allylic oxidation sites excluding steroid dienone is 1. The molecule has 1 fully saturated rings. The monoisotopic (exact) mass is 538 g/mol. The van der Waals surface area contributed by atoms with E-state index in [0.29, 0.717) is 12.3 Å². The SMILES string of the molecule is CC(C)=CC[C@H](O)C(C)=CC[C@@H](O[Si](C)(C)C(C)(C)C)[C@]1(C)CCC[C@@H]1[C@H](C)O[Si](C)(C)C(C)(C)C. The highest BCUT2D eigenvalue weighted by atomic mass is 28.4. The van der Waals surface area contributed by atoms with Crippen molar-refractivity contribution < 1.29 is 14.0 Å². The molecule has 0 aliphatic heterocycles. The van der Waals surface area contributed by atoms with E-state index in [1.165, 1.54) is 24.8 Å². The molecule has 1 aliphatic rings. The van der Waals surface area contributed by atoms with Gasteiger partial charge in [0, 0.05) is 6.10 Å². The lowest BCUT2D eigenvalue weighted by molar-refractivity contribution is -0.0220. The van der Waals surface area contributed by atoms with Crippen molar-refractivity contribution in [3.63, 3.8) is 0 Å². The van der Waals surface area contributed by atoms with Gasteiger partial charge in [-0.25, -0.2) is 0 Å². The molecule has 0 radical (unpaired) electrons. The fraction of sp³-hybridized carbons (Fsp3) is 0.871. The molecule has 212 valence electrons. The quantitative estimate of drug-likeness (QED) is 0.210. The first-order valence-electron chi connectivity index (χ1n) is 14.4. The third kappa shape index (κ3) is 8.66. The smallest absolute Gasteiger partial charge is 0.192 e. The molecule has 0 spiro atoms. The van der Waals surface area contributed by atoms with E-state index in [0.717, 1.165) is 12.0 Å². The number of aliphatic hydroxyl groups excluding tert-OH is 1. The molecule has 36 heavy (non-hydrogen) atoms. The maximum atomic E-state index is 10.8. The Kier molecular flexibility index (Phi) is 11.6. The fourth-order valence-electron chi connectivity index (χ4n) is 5.06. The van der Waals surface area contributed by atoms with Crippen molar-refractivity contribution in [2.24, 2.45) is 11.3 Å². The molecule has 0 aromatic heterocycles. The van der Waals surface area contributed by atoms with Crippen LogP contribution in [-0.2, 0) is 8.85 Å². The van der Waals surface area contributed by atoms with Gasteiger partial charge in [0.1, 0.15) is 0 Å². The van der Waals surface area contributed by atoms with Crippen LogP contribution in [0.5, 0.6) is 0 Å². The van der Waals surface area contributed by atoms with Crippen LogP contribution < -0.4 is 0 Å². The lowest BCUT2D eigenvalue weighted by Gasteiger charge is -2.49. The van der Waals surface area contributed by atoms with Crippen LogP contribution in [0.25, 0.3) is 0 Å². The zero-order valence-electron chi connectivity index (χ0n) is 26.8. The molecule has 1 saturated carbocycles. The molecule has 0 heterocycles. The van der Waals surface area contributed by atoms with Gasteiger partial charge in [-0.2, -0.15) is 0 Å². The number of rotatable bonds is 11. The third-order valence-corrected chi connectivity index (χ3v) is 18.9. The van der Waals surface area contributed by atoms with Gasteiger partial charge in [0.05, 0.1) is 12.2 Å². The van der Waals surface area contributed by atoms with Gasteiger partial charge in [-0.05, 0) is 107 Å². The summed E-state index contributed by atoms with van der Waals surface area (Å²) in [6.45, 7) is 34.5. The Morgan fingerprint density at radius 3 is 1.89 bits per heavy atom. The Bertz CT molecular complexity index is 766. The molecule has 5 heteroatoms. The van der Waals surface area contributed by atoms with Crippen molar-refractivity contribution in [1.29, 1.82) is 0 Å². The maximum Gasteiger partial charge on any atom is 0.192 e. The highest BCUT2D eigenvalue weighted by Gasteiger charge is 2.52. The normalized spacial score (nSPS) is 25.0. The Morgan fingerprint density at radius 2 is 1.42 bits per heavy atom. The molecule has 0 aromatic carbocycles. The summed E-state index contributed by atoms with van der Waals surface area (Å²) < 4.78 is 14.2. The van der Waals surface area contributed by atoms with E-state index >= 15 is 0 Å². The van der Waals surface area contributed by atoms with Crippen LogP contribution in [-0.4, -0.2) is 40.1 Å². The first-order valence-corrected chi connectivity index (χ1v) is 20.2. The van der Waals surface area contributed by atoms with E-state index in [4.69, 9.17) is 8.85 Å². The summed E-state index contributed by atoms with van der Waals surface area (Å²) in [4.78, 5) is 0. The van der Waals surface area contributed by atoms with E-state index in [9.17, 15) is 5.11 Å². The van der Waals surface area contributed by atoms with Crippen molar-refractivity contribution in [3.05, 3.63) is 23.3 Å². The van der Waals surface area contributed by atoms with E-state index < -0.39 is 22.7 Å². The largest absolute Gasteiger partial charge is 0.414 e. The number of aliphatic hydroxyl groups is 1. The Balaban J connectivity index is 3.33. The predicted molar refractivity (Wildman–Crippen MR) is 164 cm³/mol. The summed E-state index contributed by atoms with van der Waals surface area (Å²) in [5, 5.41) is 11.1. The first-order chi connectivity index (χ1) is 16.0. The minimum absolute atomic E-state index is 0.0545. The molecule has 1 rings (SSSR count). The lowest BCUT2D eigenvalue weighted by atomic mass is 9.71. The predicted octanol–water partition coefficient (Wildman–Crippen LogP) is 9.65. The topological polar surface area (TPSA) is 38.7 Å². The molecule has 0 unspecified atom stereocenters. The number of hydrogen-bond donors (Lipinski definition) is 1. The van der Waals surface area contributed by atoms with Crippen LogP contribution in [0.1, 0.15) is 108 Å². The first kappa shape index (κ1) is 33.8. The van der Waals surface area contributed by atoms with E-state index in [-0.39, 0.29) is 27.7 Å². The minimum atomic E-state index is -1.99. The van der Waals surface area contributed by atoms with E-state index in [1.807, 2.05) is 0 Å². The van der Waals surface area contributed by atoms with Crippen LogP contribution in [0.3, 0.4) is 0 Å². The molecule has 0 amide bonds.